The van der Waals surface area contributed by atoms with Crippen LogP contribution in [-0.2, 0) is 6.42 Å². The molecule has 1 amide bonds. The number of nitrogen functional groups attached to an aromatic ring is 1. The van der Waals surface area contributed by atoms with Gasteiger partial charge in [0.05, 0.1) is 11.1 Å². The highest BCUT2D eigenvalue weighted by Gasteiger charge is 2.46. The lowest BCUT2D eigenvalue weighted by atomic mass is 9.73. The van der Waals surface area contributed by atoms with Gasteiger partial charge in [0.25, 0.3) is 5.91 Å². The van der Waals surface area contributed by atoms with Gasteiger partial charge in [0.1, 0.15) is 5.03 Å². The Labute approximate surface area is 194 Å². The molecule has 10 heteroatoms. The number of pyridine rings is 1. The van der Waals surface area contributed by atoms with Crippen LogP contribution < -0.4 is 22.1 Å². The second-order valence-corrected chi connectivity index (χ2v) is 9.62. The molecule has 8 nitrogen and oxygen atoms in total. The SMILES string of the molecule is NC(=O)c1nc(Sc2ccnc(N)c2F)cnc1N1CCC2(CC1)Cc1ccccc1[C@H]2N. The van der Waals surface area contributed by atoms with Crippen LogP contribution in [0.2, 0.25) is 0 Å². The lowest BCUT2D eigenvalue weighted by Crippen LogP contribution is -2.45. The molecule has 0 radical (unpaired) electrons. The Hall–Kier alpha value is -3.24. The summed E-state index contributed by atoms with van der Waals surface area (Å²) in [6, 6.07) is 9.85. The molecule has 3 aromatic rings. The number of halogens is 1. The van der Waals surface area contributed by atoms with E-state index in [1.807, 2.05) is 11.0 Å². The fraction of sp³-hybridized carbons (Fsp3) is 0.304. The molecule has 3 heterocycles. The number of nitrogens with zero attached hydrogens (tertiary/aromatic N) is 4. The lowest BCUT2D eigenvalue weighted by Gasteiger charge is -2.42. The zero-order valence-electron chi connectivity index (χ0n) is 17.9. The van der Waals surface area contributed by atoms with E-state index in [2.05, 4.69) is 33.2 Å². The first-order valence-corrected chi connectivity index (χ1v) is 11.5. The molecule has 1 aromatic carbocycles. The normalized spacial score (nSPS) is 19.0. The monoisotopic (exact) mass is 465 g/mol. The number of primary amides is 1. The van der Waals surface area contributed by atoms with Gasteiger partial charge in [0.15, 0.2) is 23.1 Å². The average Bonchev–Trinajstić information content (AvgIpc) is 3.09. The third kappa shape index (κ3) is 3.79. The molecule has 1 spiro atoms. The van der Waals surface area contributed by atoms with Crippen LogP contribution in [0, 0.1) is 11.2 Å². The Balaban J connectivity index is 1.36. The summed E-state index contributed by atoms with van der Waals surface area (Å²) in [4.78, 5) is 27.1. The Morgan fingerprint density at radius 1 is 1.18 bits per heavy atom. The molecule has 1 atom stereocenters. The largest absolute Gasteiger partial charge is 0.381 e. The summed E-state index contributed by atoms with van der Waals surface area (Å²) in [5.74, 6) is -1.07. The van der Waals surface area contributed by atoms with Crippen LogP contribution in [-0.4, -0.2) is 33.9 Å². The van der Waals surface area contributed by atoms with Crippen molar-refractivity contribution in [3.63, 3.8) is 0 Å². The van der Waals surface area contributed by atoms with Gasteiger partial charge >= 0.3 is 0 Å². The highest BCUT2D eigenvalue weighted by molar-refractivity contribution is 7.99. The maximum Gasteiger partial charge on any atom is 0.271 e. The molecular weight excluding hydrogens is 441 g/mol. The molecule has 1 aliphatic carbocycles. The van der Waals surface area contributed by atoms with Crippen molar-refractivity contribution in [3.05, 3.63) is 65.4 Å². The lowest BCUT2D eigenvalue weighted by molar-refractivity contribution is 0.0994. The van der Waals surface area contributed by atoms with E-state index in [0.717, 1.165) is 31.0 Å². The molecule has 170 valence electrons. The van der Waals surface area contributed by atoms with E-state index in [4.69, 9.17) is 17.2 Å². The van der Waals surface area contributed by atoms with Crippen molar-refractivity contribution in [2.45, 2.75) is 35.2 Å². The Morgan fingerprint density at radius 2 is 1.94 bits per heavy atom. The number of amides is 1. The Kier molecular flexibility index (Phi) is 5.41. The first-order valence-electron chi connectivity index (χ1n) is 10.7. The molecule has 1 aliphatic heterocycles. The predicted octanol–water partition coefficient (Wildman–Crippen LogP) is 2.69. The Bertz CT molecular complexity index is 1230. The van der Waals surface area contributed by atoms with E-state index in [1.54, 1.807) is 0 Å². The van der Waals surface area contributed by atoms with E-state index in [9.17, 15) is 9.18 Å². The molecule has 0 unspecified atom stereocenters. The van der Waals surface area contributed by atoms with E-state index in [-0.39, 0.29) is 27.9 Å². The molecule has 0 saturated carbocycles. The van der Waals surface area contributed by atoms with Gasteiger partial charge in [-0.15, -0.1) is 0 Å². The number of nitrogens with two attached hydrogens (primary N) is 3. The number of piperidine rings is 1. The first-order chi connectivity index (χ1) is 15.9. The van der Waals surface area contributed by atoms with E-state index in [1.165, 1.54) is 29.6 Å². The van der Waals surface area contributed by atoms with Gasteiger partial charge in [0.2, 0.25) is 0 Å². The summed E-state index contributed by atoms with van der Waals surface area (Å²) >= 11 is 1.01. The van der Waals surface area contributed by atoms with Crippen LogP contribution >= 0.6 is 11.8 Å². The second-order valence-electron chi connectivity index (χ2n) is 8.56. The number of hydrogen-bond donors (Lipinski definition) is 3. The zero-order chi connectivity index (χ0) is 23.2. The van der Waals surface area contributed by atoms with Crippen molar-refractivity contribution in [2.75, 3.05) is 23.7 Å². The van der Waals surface area contributed by atoms with E-state index in [0.29, 0.717) is 23.9 Å². The van der Waals surface area contributed by atoms with Gasteiger partial charge in [-0.1, -0.05) is 36.0 Å². The maximum atomic E-state index is 14.2. The fourth-order valence-electron chi connectivity index (χ4n) is 4.91. The minimum atomic E-state index is -0.681. The molecule has 6 N–H and O–H groups in total. The van der Waals surface area contributed by atoms with Gasteiger partial charge in [-0.05, 0) is 41.9 Å². The highest BCUT2D eigenvalue weighted by Crippen LogP contribution is 2.51. The number of rotatable bonds is 4. The van der Waals surface area contributed by atoms with Gasteiger partial charge < -0.3 is 22.1 Å². The third-order valence-corrected chi connectivity index (χ3v) is 7.65. The second kappa shape index (κ2) is 8.27. The number of anilines is 2. The smallest absolute Gasteiger partial charge is 0.271 e. The summed E-state index contributed by atoms with van der Waals surface area (Å²) < 4.78 is 14.2. The van der Waals surface area contributed by atoms with E-state index < -0.39 is 11.7 Å². The molecule has 2 aromatic heterocycles. The molecule has 1 fully saturated rings. The molecule has 5 rings (SSSR count). The first kappa shape index (κ1) is 21.6. The molecule has 33 heavy (non-hydrogen) atoms. The predicted molar refractivity (Wildman–Crippen MR) is 124 cm³/mol. The number of benzene rings is 1. The fourth-order valence-corrected chi connectivity index (χ4v) is 5.71. The molecule has 0 bridgehead atoms. The zero-order valence-corrected chi connectivity index (χ0v) is 18.7. The average molecular weight is 466 g/mol. The van der Waals surface area contributed by atoms with E-state index >= 15 is 0 Å². The van der Waals surface area contributed by atoms with Crippen molar-refractivity contribution < 1.29 is 9.18 Å². The van der Waals surface area contributed by atoms with Crippen LogP contribution in [0.5, 0.6) is 0 Å². The van der Waals surface area contributed by atoms with Crippen LogP contribution in [0.1, 0.15) is 40.5 Å². The summed E-state index contributed by atoms with van der Waals surface area (Å²) in [7, 11) is 0. The summed E-state index contributed by atoms with van der Waals surface area (Å²) in [5.41, 5.74) is 20.5. The molecular formula is C23H24FN7OS. The van der Waals surface area contributed by atoms with Crippen LogP contribution in [0.4, 0.5) is 16.0 Å². The number of carbonyl (C=O) groups excluding carboxylic acids is 1. The number of hydrogen-bond acceptors (Lipinski definition) is 8. The van der Waals surface area contributed by atoms with Crippen LogP contribution in [0.25, 0.3) is 0 Å². The number of fused-ring (bicyclic) bond motifs is 1. The topological polar surface area (TPSA) is 137 Å². The van der Waals surface area contributed by atoms with Gasteiger partial charge in [0, 0.05) is 25.3 Å². The maximum absolute atomic E-state index is 14.2. The Morgan fingerprint density at radius 3 is 2.67 bits per heavy atom. The summed E-state index contributed by atoms with van der Waals surface area (Å²) in [6.07, 6.45) is 5.64. The number of aromatic nitrogens is 3. The van der Waals surface area contributed by atoms with Gasteiger partial charge in [-0.2, -0.15) is 0 Å². The minimum absolute atomic E-state index is 0.000911. The van der Waals surface area contributed by atoms with Crippen molar-refractivity contribution in [2.24, 2.45) is 16.9 Å². The van der Waals surface area contributed by atoms with Gasteiger partial charge in [-0.25, -0.2) is 19.3 Å². The molecule has 2 aliphatic rings. The quantitative estimate of drug-likeness (QED) is 0.535. The van der Waals surface area contributed by atoms with Crippen molar-refractivity contribution in [1.29, 1.82) is 0 Å². The van der Waals surface area contributed by atoms with Crippen molar-refractivity contribution >= 4 is 29.3 Å². The van der Waals surface area contributed by atoms with Crippen molar-refractivity contribution in [1.82, 2.24) is 15.0 Å². The van der Waals surface area contributed by atoms with Crippen LogP contribution in [0.3, 0.4) is 0 Å². The minimum Gasteiger partial charge on any atom is -0.381 e. The summed E-state index contributed by atoms with van der Waals surface area (Å²) in [5, 5.41) is 0.346. The standard InChI is InChI=1S/C23H24FN7OS/c24-17-15(5-8-28-20(17)26)33-16-12-29-22(18(30-16)21(27)32)31-9-6-23(7-10-31)11-13-3-1-2-4-14(13)19(23)25/h1-5,8,12,19H,6-7,9-11,25H2,(H2,26,28)(H2,27,32)/t19-/m1/s1. The van der Waals surface area contributed by atoms with Crippen molar-refractivity contribution in [3.8, 4) is 0 Å². The van der Waals surface area contributed by atoms with Crippen LogP contribution in [0.15, 0.2) is 52.6 Å². The summed E-state index contributed by atoms with van der Waals surface area (Å²) in [6.45, 7) is 1.39. The van der Waals surface area contributed by atoms with Gasteiger partial charge in [-0.3, -0.25) is 4.79 Å². The third-order valence-electron chi connectivity index (χ3n) is 6.71. The molecule has 1 saturated heterocycles. The highest BCUT2D eigenvalue weighted by atomic mass is 32.2. The number of carbonyl (C=O) groups is 1.